The zero-order valence-corrected chi connectivity index (χ0v) is 17.6. The maximum atomic E-state index is 13.4. The molecule has 2 fully saturated rings. The van der Waals surface area contributed by atoms with Crippen LogP contribution in [-0.2, 0) is 27.4 Å². The second kappa shape index (κ2) is 7.50. The Bertz CT molecular complexity index is 1040. The second-order valence-electron chi connectivity index (χ2n) is 8.46. The highest BCUT2D eigenvalue weighted by Crippen LogP contribution is 2.52. The molecule has 4 atom stereocenters. The fraction of sp³-hybridized carbons (Fsp3) is 0.375. The van der Waals surface area contributed by atoms with Crippen LogP contribution in [0.2, 0.25) is 0 Å². The fourth-order valence-corrected chi connectivity index (χ4v) is 5.05. The van der Waals surface area contributed by atoms with Crippen molar-refractivity contribution in [3.05, 3.63) is 72.1 Å². The monoisotopic (exact) mass is 419 g/mol. The largest absolute Gasteiger partial charge is 0.497 e. The summed E-state index contributed by atoms with van der Waals surface area (Å²) in [7, 11) is 3.38. The number of hydrogen-bond donors (Lipinski definition) is 0. The molecule has 3 aliphatic heterocycles. The van der Waals surface area contributed by atoms with E-state index in [0.717, 1.165) is 17.0 Å². The summed E-state index contributed by atoms with van der Waals surface area (Å²) >= 11 is 0. The van der Waals surface area contributed by atoms with Crippen molar-refractivity contribution in [2.75, 3.05) is 20.7 Å². The van der Waals surface area contributed by atoms with Gasteiger partial charge >= 0.3 is 0 Å². The summed E-state index contributed by atoms with van der Waals surface area (Å²) in [5, 5.41) is 0. The Labute approximate surface area is 181 Å². The van der Waals surface area contributed by atoms with E-state index in [1.54, 1.807) is 30.2 Å². The lowest BCUT2D eigenvalue weighted by Crippen LogP contribution is -2.44. The lowest BCUT2D eigenvalue weighted by Gasteiger charge is -2.27. The van der Waals surface area contributed by atoms with Crippen LogP contribution >= 0.6 is 0 Å². The first-order chi connectivity index (χ1) is 15.0. The minimum Gasteiger partial charge on any atom is -0.497 e. The number of benzene rings is 1. The maximum Gasteiger partial charge on any atom is 0.230 e. The van der Waals surface area contributed by atoms with E-state index in [-0.39, 0.29) is 17.9 Å². The van der Waals surface area contributed by atoms with Gasteiger partial charge in [0.1, 0.15) is 11.4 Å². The molecule has 160 valence electrons. The molecule has 0 unspecified atom stereocenters. The average Bonchev–Trinajstić information content (AvgIpc) is 3.42. The number of amides is 2. The zero-order valence-electron chi connectivity index (χ0n) is 17.6. The summed E-state index contributed by atoms with van der Waals surface area (Å²) in [4.78, 5) is 34.5. The van der Waals surface area contributed by atoms with Gasteiger partial charge in [-0.3, -0.25) is 14.6 Å². The molecule has 4 heterocycles. The highest BCUT2D eigenvalue weighted by Gasteiger charge is 2.67. The van der Waals surface area contributed by atoms with Crippen molar-refractivity contribution in [3.63, 3.8) is 0 Å². The Morgan fingerprint density at radius 3 is 2.97 bits per heavy atom. The van der Waals surface area contributed by atoms with Crippen molar-refractivity contribution in [2.45, 2.75) is 24.8 Å². The van der Waals surface area contributed by atoms with Gasteiger partial charge in [-0.25, -0.2) is 0 Å². The van der Waals surface area contributed by atoms with Crippen molar-refractivity contribution < 1.29 is 19.1 Å². The molecule has 5 rings (SSSR count). The Morgan fingerprint density at radius 1 is 1.32 bits per heavy atom. The van der Waals surface area contributed by atoms with Crippen LogP contribution in [0.15, 0.2) is 60.8 Å². The molecule has 31 heavy (non-hydrogen) atoms. The second-order valence-corrected chi connectivity index (χ2v) is 8.46. The van der Waals surface area contributed by atoms with Gasteiger partial charge in [-0.1, -0.05) is 30.4 Å². The smallest absolute Gasteiger partial charge is 0.230 e. The van der Waals surface area contributed by atoms with E-state index in [9.17, 15) is 9.59 Å². The summed E-state index contributed by atoms with van der Waals surface area (Å²) < 4.78 is 11.5. The van der Waals surface area contributed by atoms with Crippen LogP contribution in [0, 0.1) is 11.8 Å². The van der Waals surface area contributed by atoms with E-state index < -0.39 is 17.4 Å². The summed E-state index contributed by atoms with van der Waals surface area (Å²) in [6, 6.07) is 13.3. The van der Waals surface area contributed by atoms with Crippen molar-refractivity contribution in [2.24, 2.45) is 11.8 Å². The van der Waals surface area contributed by atoms with Gasteiger partial charge in [0.25, 0.3) is 0 Å². The zero-order chi connectivity index (χ0) is 21.6. The summed E-state index contributed by atoms with van der Waals surface area (Å²) in [6.07, 6.45) is 5.28. The third kappa shape index (κ3) is 3.29. The molecule has 3 aliphatic rings. The fourth-order valence-electron chi connectivity index (χ4n) is 5.05. The summed E-state index contributed by atoms with van der Waals surface area (Å²) in [5.41, 5.74) is 1.08. The van der Waals surface area contributed by atoms with Crippen LogP contribution in [0.5, 0.6) is 5.75 Å². The number of aromatic nitrogens is 1. The molecule has 2 aromatic rings. The van der Waals surface area contributed by atoms with Gasteiger partial charge in [0, 0.05) is 19.8 Å². The number of likely N-dealkylation sites (tertiary alicyclic amines) is 1. The van der Waals surface area contributed by atoms with Gasteiger partial charge in [-0.05, 0) is 29.8 Å². The topological polar surface area (TPSA) is 72.0 Å². The van der Waals surface area contributed by atoms with E-state index >= 15 is 0 Å². The standard InChI is InChI=1S/C24H25N3O4/c1-26(14-17-7-3-4-11-25-17)22(28)20-19-9-10-24(31-19)15-27(23(29)21(20)24)13-16-6-5-8-18(12-16)30-2/h3-12,19-21H,13-15H2,1-2H3/t19-,20+,21-,24-/m0/s1. The Hall–Kier alpha value is -3.19. The highest BCUT2D eigenvalue weighted by atomic mass is 16.5. The van der Waals surface area contributed by atoms with Gasteiger partial charge in [0.15, 0.2) is 0 Å². The van der Waals surface area contributed by atoms with Crippen LogP contribution in [-0.4, -0.2) is 59.0 Å². The van der Waals surface area contributed by atoms with Crippen molar-refractivity contribution in [1.82, 2.24) is 14.8 Å². The molecule has 2 amide bonds. The lowest BCUT2D eigenvalue weighted by molar-refractivity contribution is -0.142. The van der Waals surface area contributed by atoms with E-state index in [2.05, 4.69) is 4.98 Å². The normalized spacial score (nSPS) is 28.1. The Balaban J connectivity index is 1.35. The molecular weight excluding hydrogens is 394 g/mol. The lowest BCUT2D eigenvalue weighted by atomic mass is 9.76. The number of fused-ring (bicyclic) bond motifs is 1. The van der Waals surface area contributed by atoms with Crippen molar-refractivity contribution >= 4 is 11.8 Å². The van der Waals surface area contributed by atoms with Crippen LogP contribution in [0.1, 0.15) is 11.3 Å². The number of pyridine rings is 1. The maximum absolute atomic E-state index is 13.4. The molecule has 2 saturated heterocycles. The predicted molar refractivity (Wildman–Crippen MR) is 113 cm³/mol. The van der Waals surface area contributed by atoms with Crippen LogP contribution in [0.4, 0.5) is 0 Å². The third-order valence-corrected chi connectivity index (χ3v) is 6.47. The van der Waals surface area contributed by atoms with Crippen LogP contribution in [0.3, 0.4) is 0 Å². The number of hydrogen-bond acceptors (Lipinski definition) is 5. The quantitative estimate of drug-likeness (QED) is 0.670. The number of ether oxygens (including phenoxy) is 2. The first-order valence-corrected chi connectivity index (χ1v) is 10.4. The molecule has 0 N–H and O–H groups in total. The molecular formula is C24H25N3O4. The van der Waals surface area contributed by atoms with Crippen molar-refractivity contribution in [1.29, 1.82) is 0 Å². The van der Waals surface area contributed by atoms with E-state index in [4.69, 9.17) is 9.47 Å². The van der Waals surface area contributed by atoms with E-state index in [0.29, 0.717) is 19.6 Å². The molecule has 1 spiro atoms. The SMILES string of the molecule is COc1cccc(CN2C[C@]34C=C[C@H](O3)[C@@H](C(=O)N(C)Cc3ccccn3)[C@H]4C2=O)c1. The molecule has 0 radical (unpaired) electrons. The molecule has 7 heteroatoms. The van der Waals surface area contributed by atoms with Gasteiger partial charge in [0.05, 0.1) is 43.8 Å². The van der Waals surface area contributed by atoms with Gasteiger partial charge < -0.3 is 19.3 Å². The van der Waals surface area contributed by atoms with Gasteiger partial charge in [-0.15, -0.1) is 0 Å². The first kappa shape index (κ1) is 19.8. The van der Waals surface area contributed by atoms with Crippen molar-refractivity contribution in [3.8, 4) is 5.75 Å². The highest BCUT2D eigenvalue weighted by molar-refractivity contribution is 5.93. The number of carbonyl (C=O) groups excluding carboxylic acids is 2. The molecule has 1 aromatic carbocycles. The predicted octanol–water partition coefficient (Wildman–Crippen LogP) is 2.03. The first-order valence-electron chi connectivity index (χ1n) is 10.4. The third-order valence-electron chi connectivity index (χ3n) is 6.47. The number of carbonyl (C=O) groups is 2. The number of rotatable bonds is 6. The molecule has 7 nitrogen and oxygen atoms in total. The summed E-state index contributed by atoms with van der Waals surface area (Å²) in [5.74, 6) is -0.361. The molecule has 2 bridgehead atoms. The van der Waals surface area contributed by atoms with Gasteiger partial charge in [0.2, 0.25) is 11.8 Å². The Morgan fingerprint density at radius 2 is 2.19 bits per heavy atom. The minimum absolute atomic E-state index is 0.0285. The minimum atomic E-state index is -0.715. The molecule has 0 aliphatic carbocycles. The molecule has 0 saturated carbocycles. The summed E-state index contributed by atoms with van der Waals surface area (Å²) in [6.45, 7) is 1.31. The Kier molecular flexibility index (Phi) is 4.78. The van der Waals surface area contributed by atoms with E-state index in [1.165, 1.54) is 0 Å². The average molecular weight is 419 g/mol. The van der Waals surface area contributed by atoms with Crippen LogP contribution < -0.4 is 4.74 Å². The molecule has 1 aromatic heterocycles. The number of methoxy groups -OCH3 is 1. The number of nitrogens with zero attached hydrogens (tertiary/aromatic N) is 3. The van der Waals surface area contributed by atoms with Gasteiger partial charge in [-0.2, -0.15) is 0 Å². The van der Waals surface area contributed by atoms with E-state index in [1.807, 2.05) is 54.6 Å². The van der Waals surface area contributed by atoms with Crippen LogP contribution in [0.25, 0.3) is 0 Å².